The maximum atomic E-state index is 10.1. The monoisotopic (exact) mass is 261 g/mol. The number of allylic oxidation sites excluding steroid dienone is 1. The van der Waals surface area contributed by atoms with Crippen LogP contribution in [0.4, 0.5) is 0 Å². The lowest BCUT2D eigenvalue weighted by atomic mass is 10.1. The van der Waals surface area contributed by atoms with Crippen LogP contribution >= 0.6 is 0 Å². The Hall–Kier alpha value is -1.12. The number of rotatable bonds is 9. The molecule has 1 rings (SSSR count). The Kier molecular flexibility index (Phi) is 7.46. The van der Waals surface area contributed by atoms with E-state index in [9.17, 15) is 5.11 Å². The van der Waals surface area contributed by atoms with Crippen LogP contribution in [0.3, 0.4) is 0 Å². The molecule has 2 nitrogen and oxygen atoms in total. The van der Waals surface area contributed by atoms with Gasteiger partial charge in [0.15, 0.2) is 0 Å². The number of hydrogen-bond acceptors (Lipinski definition) is 2. The summed E-state index contributed by atoms with van der Waals surface area (Å²) >= 11 is 0. The summed E-state index contributed by atoms with van der Waals surface area (Å²) in [6.45, 7) is 10.8. The van der Waals surface area contributed by atoms with Crippen molar-refractivity contribution in [1.29, 1.82) is 0 Å². The fourth-order valence-corrected chi connectivity index (χ4v) is 2.26. The topological polar surface area (TPSA) is 23.5 Å². The standard InChI is InChI=1S/C17H27NO/c1-4-5-11-17(19)14-18(12-15(2)3)13-16-9-7-6-8-10-16/h4,6-10,15,17,19H,1,5,11-14H2,2-3H3. The van der Waals surface area contributed by atoms with Gasteiger partial charge >= 0.3 is 0 Å². The Morgan fingerprint density at radius 1 is 1.21 bits per heavy atom. The third kappa shape index (κ3) is 7.14. The fourth-order valence-electron chi connectivity index (χ4n) is 2.26. The number of aliphatic hydroxyl groups is 1. The van der Waals surface area contributed by atoms with Gasteiger partial charge in [-0.05, 0) is 24.3 Å². The lowest BCUT2D eigenvalue weighted by molar-refractivity contribution is 0.0957. The molecule has 0 amide bonds. The Bertz CT molecular complexity index is 348. The first-order valence-corrected chi connectivity index (χ1v) is 7.17. The second kappa shape index (κ2) is 8.89. The van der Waals surface area contributed by atoms with Gasteiger partial charge in [-0.25, -0.2) is 0 Å². The van der Waals surface area contributed by atoms with Gasteiger partial charge in [0.05, 0.1) is 6.10 Å². The average molecular weight is 261 g/mol. The van der Waals surface area contributed by atoms with Crippen molar-refractivity contribution in [3.05, 3.63) is 48.6 Å². The Labute approximate surface area is 117 Å². The molecule has 1 aromatic rings. The van der Waals surface area contributed by atoms with E-state index in [0.717, 1.165) is 32.5 Å². The van der Waals surface area contributed by atoms with Crippen LogP contribution in [0.2, 0.25) is 0 Å². The Morgan fingerprint density at radius 2 is 1.89 bits per heavy atom. The normalized spacial score (nSPS) is 12.9. The summed E-state index contributed by atoms with van der Waals surface area (Å²) in [6, 6.07) is 10.5. The van der Waals surface area contributed by atoms with Crippen molar-refractivity contribution in [3.8, 4) is 0 Å². The van der Waals surface area contributed by atoms with E-state index >= 15 is 0 Å². The van der Waals surface area contributed by atoms with Gasteiger partial charge in [-0.15, -0.1) is 6.58 Å². The van der Waals surface area contributed by atoms with E-state index in [2.05, 4.69) is 49.6 Å². The molecule has 106 valence electrons. The summed E-state index contributed by atoms with van der Waals surface area (Å²) in [6.07, 6.45) is 3.28. The lowest BCUT2D eigenvalue weighted by Crippen LogP contribution is -2.34. The van der Waals surface area contributed by atoms with Crippen molar-refractivity contribution in [2.75, 3.05) is 13.1 Å². The van der Waals surface area contributed by atoms with E-state index in [1.807, 2.05) is 12.1 Å². The minimum atomic E-state index is -0.263. The minimum absolute atomic E-state index is 0.263. The third-order valence-electron chi connectivity index (χ3n) is 3.05. The van der Waals surface area contributed by atoms with Crippen LogP contribution in [0.25, 0.3) is 0 Å². The van der Waals surface area contributed by atoms with E-state index in [-0.39, 0.29) is 6.10 Å². The van der Waals surface area contributed by atoms with Crippen molar-refractivity contribution in [2.24, 2.45) is 5.92 Å². The molecule has 0 spiro atoms. The van der Waals surface area contributed by atoms with Gasteiger partial charge in [-0.2, -0.15) is 0 Å². The van der Waals surface area contributed by atoms with Gasteiger partial charge in [0.25, 0.3) is 0 Å². The zero-order valence-electron chi connectivity index (χ0n) is 12.3. The molecule has 0 aliphatic carbocycles. The highest BCUT2D eigenvalue weighted by molar-refractivity contribution is 5.14. The van der Waals surface area contributed by atoms with Gasteiger partial charge in [0, 0.05) is 19.6 Å². The van der Waals surface area contributed by atoms with Gasteiger partial charge in [-0.1, -0.05) is 50.3 Å². The van der Waals surface area contributed by atoms with E-state index in [0.29, 0.717) is 5.92 Å². The SMILES string of the molecule is C=CCCC(O)CN(Cc1ccccc1)CC(C)C. The molecule has 0 fully saturated rings. The molecule has 1 aromatic carbocycles. The molecule has 0 aliphatic heterocycles. The highest BCUT2D eigenvalue weighted by atomic mass is 16.3. The van der Waals surface area contributed by atoms with E-state index in [1.165, 1.54) is 5.56 Å². The summed E-state index contributed by atoms with van der Waals surface area (Å²) in [5.41, 5.74) is 1.30. The Balaban J connectivity index is 2.53. The zero-order chi connectivity index (χ0) is 14.1. The molecule has 0 saturated carbocycles. The molecule has 0 radical (unpaired) electrons. The van der Waals surface area contributed by atoms with E-state index < -0.39 is 0 Å². The van der Waals surface area contributed by atoms with Crippen LogP contribution in [0.15, 0.2) is 43.0 Å². The summed E-state index contributed by atoms with van der Waals surface area (Å²) < 4.78 is 0. The number of nitrogens with zero attached hydrogens (tertiary/aromatic N) is 1. The average Bonchev–Trinajstić information content (AvgIpc) is 2.36. The highest BCUT2D eigenvalue weighted by Crippen LogP contribution is 2.10. The van der Waals surface area contributed by atoms with Crippen LogP contribution < -0.4 is 0 Å². The van der Waals surface area contributed by atoms with E-state index in [1.54, 1.807) is 0 Å². The van der Waals surface area contributed by atoms with Crippen LogP contribution in [-0.4, -0.2) is 29.2 Å². The van der Waals surface area contributed by atoms with Crippen molar-refractivity contribution in [1.82, 2.24) is 4.90 Å². The molecule has 1 unspecified atom stereocenters. The zero-order valence-corrected chi connectivity index (χ0v) is 12.3. The summed E-state index contributed by atoms with van der Waals surface area (Å²) in [7, 11) is 0. The molecule has 19 heavy (non-hydrogen) atoms. The second-order valence-electron chi connectivity index (χ2n) is 5.59. The summed E-state index contributed by atoms with van der Waals surface area (Å²) in [5.74, 6) is 0.607. The molecular weight excluding hydrogens is 234 g/mol. The fraction of sp³-hybridized carbons (Fsp3) is 0.529. The predicted octanol–water partition coefficient (Wildman–Crippen LogP) is 3.47. The molecule has 0 bridgehead atoms. The largest absolute Gasteiger partial charge is 0.392 e. The van der Waals surface area contributed by atoms with Crippen molar-refractivity contribution < 1.29 is 5.11 Å². The van der Waals surface area contributed by atoms with Crippen LogP contribution in [0, 0.1) is 5.92 Å². The number of hydrogen-bond donors (Lipinski definition) is 1. The van der Waals surface area contributed by atoms with E-state index in [4.69, 9.17) is 0 Å². The molecule has 1 atom stereocenters. The second-order valence-corrected chi connectivity index (χ2v) is 5.59. The summed E-state index contributed by atoms with van der Waals surface area (Å²) in [4.78, 5) is 2.34. The van der Waals surface area contributed by atoms with Crippen LogP contribution in [0.5, 0.6) is 0 Å². The van der Waals surface area contributed by atoms with Crippen molar-refractivity contribution in [2.45, 2.75) is 39.3 Å². The first-order chi connectivity index (χ1) is 9.11. The molecular formula is C17H27NO. The van der Waals surface area contributed by atoms with Crippen LogP contribution in [-0.2, 0) is 6.54 Å². The first kappa shape index (κ1) is 15.9. The smallest absolute Gasteiger partial charge is 0.0670 e. The van der Waals surface area contributed by atoms with Gasteiger partial charge in [0.2, 0.25) is 0 Å². The third-order valence-corrected chi connectivity index (χ3v) is 3.05. The number of aliphatic hydroxyl groups excluding tert-OH is 1. The molecule has 0 aliphatic rings. The van der Waals surface area contributed by atoms with Crippen molar-refractivity contribution in [3.63, 3.8) is 0 Å². The molecule has 0 heterocycles. The number of benzene rings is 1. The van der Waals surface area contributed by atoms with Gasteiger partial charge in [0.1, 0.15) is 0 Å². The minimum Gasteiger partial charge on any atom is -0.392 e. The Morgan fingerprint density at radius 3 is 2.47 bits per heavy atom. The molecule has 0 saturated heterocycles. The van der Waals surface area contributed by atoms with Crippen LogP contribution in [0.1, 0.15) is 32.3 Å². The first-order valence-electron chi connectivity index (χ1n) is 7.17. The lowest BCUT2D eigenvalue weighted by Gasteiger charge is -2.26. The molecule has 2 heteroatoms. The quantitative estimate of drug-likeness (QED) is 0.688. The van der Waals surface area contributed by atoms with Crippen molar-refractivity contribution >= 4 is 0 Å². The molecule has 1 N–H and O–H groups in total. The predicted molar refractivity (Wildman–Crippen MR) is 82.0 cm³/mol. The highest BCUT2D eigenvalue weighted by Gasteiger charge is 2.13. The van der Waals surface area contributed by atoms with Gasteiger partial charge < -0.3 is 5.11 Å². The maximum absolute atomic E-state index is 10.1. The van der Waals surface area contributed by atoms with Gasteiger partial charge in [-0.3, -0.25) is 4.90 Å². The molecule has 0 aromatic heterocycles. The maximum Gasteiger partial charge on any atom is 0.0670 e. The summed E-state index contributed by atoms with van der Waals surface area (Å²) in [5, 5.41) is 10.1.